The molecular weight excluding hydrogens is 254 g/mol. The van der Waals surface area contributed by atoms with Crippen LogP contribution >= 0.6 is 0 Å². The van der Waals surface area contributed by atoms with Gasteiger partial charge < -0.3 is 9.64 Å². The van der Waals surface area contributed by atoms with Crippen molar-refractivity contribution in [3.8, 4) is 0 Å². The molecule has 2 fully saturated rings. The number of hydrogen-bond acceptors (Lipinski definition) is 3. The van der Waals surface area contributed by atoms with Crippen LogP contribution in [0.2, 0.25) is 0 Å². The Morgan fingerprint density at radius 3 is 2.60 bits per heavy atom. The minimum atomic E-state index is -0.496. The average Bonchev–Trinajstić information content (AvgIpc) is 2.46. The van der Waals surface area contributed by atoms with Crippen molar-refractivity contribution in [3.63, 3.8) is 0 Å². The number of fused-ring (bicyclic) bond motifs is 1. The van der Waals surface area contributed by atoms with Gasteiger partial charge in [0, 0.05) is 23.9 Å². The lowest BCUT2D eigenvalue weighted by atomic mass is 9.77. The zero-order chi connectivity index (χ0) is 15.1. The average molecular weight is 281 g/mol. The normalized spacial score (nSPS) is 34.6. The van der Waals surface area contributed by atoms with Crippen LogP contribution < -0.4 is 0 Å². The molecule has 0 spiro atoms. The van der Waals surface area contributed by atoms with Crippen molar-refractivity contribution in [1.82, 2.24) is 4.90 Å². The largest absolute Gasteiger partial charge is 0.444 e. The highest BCUT2D eigenvalue weighted by molar-refractivity contribution is 5.87. The van der Waals surface area contributed by atoms with Crippen molar-refractivity contribution in [1.29, 1.82) is 0 Å². The van der Waals surface area contributed by atoms with E-state index in [2.05, 4.69) is 0 Å². The smallest absolute Gasteiger partial charge is 0.410 e. The van der Waals surface area contributed by atoms with Crippen LogP contribution in [0.4, 0.5) is 4.79 Å². The number of nitrogens with zero attached hydrogens (tertiary/aromatic N) is 1. The van der Waals surface area contributed by atoms with E-state index in [9.17, 15) is 9.59 Å². The highest BCUT2D eigenvalue weighted by Crippen LogP contribution is 2.46. The van der Waals surface area contributed by atoms with Gasteiger partial charge in [0.25, 0.3) is 0 Å². The van der Waals surface area contributed by atoms with Gasteiger partial charge in [-0.05, 0) is 47.0 Å². The number of Topliss-reactive ketones (excluding diaryl/α,β-unsaturated/α-hetero) is 1. The summed E-state index contributed by atoms with van der Waals surface area (Å²) in [6.45, 7) is 9.69. The number of ether oxygens (including phenoxy) is 1. The van der Waals surface area contributed by atoms with Crippen LogP contribution in [-0.2, 0) is 9.53 Å². The molecule has 3 atom stereocenters. The first-order chi connectivity index (χ1) is 9.15. The molecule has 1 saturated carbocycles. The van der Waals surface area contributed by atoms with E-state index in [1.54, 1.807) is 0 Å². The summed E-state index contributed by atoms with van der Waals surface area (Å²) in [5.41, 5.74) is -0.878. The molecule has 20 heavy (non-hydrogen) atoms. The van der Waals surface area contributed by atoms with Crippen LogP contribution in [0, 0.1) is 5.41 Å². The Bertz CT molecular complexity index is 412. The zero-order valence-corrected chi connectivity index (χ0v) is 13.4. The Hall–Kier alpha value is -1.06. The summed E-state index contributed by atoms with van der Waals surface area (Å²) in [5.74, 6) is 0.318. The van der Waals surface area contributed by atoms with Gasteiger partial charge in [0.1, 0.15) is 11.4 Å². The van der Waals surface area contributed by atoms with Gasteiger partial charge in [-0.25, -0.2) is 4.79 Å². The first-order valence-corrected chi connectivity index (χ1v) is 7.70. The van der Waals surface area contributed by atoms with Crippen molar-refractivity contribution in [3.05, 3.63) is 0 Å². The maximum atomic E-state index is 12.5. The van der Waals surface area contributed by atoms with E-state index < -0.39 is 5.60 Å². The molecule has 4 nitrogen and oxygen atoms in total. The molecule has 0 aromatic carbocycles. The first-order valence-electron chi connectivity index (χ1n) is 7.70. The van der Waals surface area contributed by atoms with Crippen molar-refractivity contribution in [2.75, 3.05) is 0 Å². The van der Waals surface area contributed by atoms with Crippen LogP contribution in [0.1, 0.15) is 66.7 Å². The fourth-order valence-corrected chi connectivity index (χ4v) is 3.75. The summed E-state index contributed by atoms with van der Waals surface area (Å²) in [7, 11) is 0. The lowest BCUT2D eigenvalue weighted by Gasteiger charge is -2.34. The predicted molar refractivity (Wildman–Crippen MR) is 77.5 cm³/mol. The number of rotatable bonds is 0. The molecule has 1 amide bonds. The molecule has 0 N–H and O–H groups in total. The summed E-state index contributed by atoms with van der Waals surface area (Å²) >= 11 is 0. The molecule has 0 aromatic heterocycles. The lowest BCUT2D eigenvalue weighted by Crippen LogP contribution is -2.47. The molecule has 4 heteroatoms. The maximum absolute atomic E-state index is 12.5. The molecule has 1 aliphatic carbocycles. The fraction of sp³-hybridized carbons (Fsp3) is 0.875. The summed E-state index contributed by atoms with van der Waals surface area (Å²) in [4.78, 5) is 26.7. The van der Waals surface area contributed by atoms with Gasteiger partial charge in [0.2, 0.25) is 0 Å². The molecule has 0 bridgehead atoms. The number of hydrogen-bond donors (Lipinski definition) is 0. The Balaban J connectivity index is 2.25. The molecule has 3 unspecified atom stereocenters. The third kappa shape index (κ3) is 2.70. The standard InChI is InChI=1S/C16H27NO3/c1-11-10-16(5)12(8-6-7-9-13(16)18)17(11)14(19)20-15(2,3)4/h11-12H,6-10H2,1-5H3. The lowest BCUT2D eigenvalue weighted by molar-refractivity contribution is -0.128. The zero-order valence-electron chi connectivity index (χ0n) is 13.4. The third-order valence-corrected chi connectivity index (χ3v) is 4.64. The van der Waals surface area contributed by atoms with Crippen molar-refractivity contribution < 1.29 is 14.3 Å². The number of likely N-dealkylation sites (tertiary alicyclic amines) is 1. The maximum Gasteiger partial charge on any atom is 0.410 e. The highest BCUT2D eigenvalue weighted by atomic mass is 16.6. The van der Waals surface area contributed by atoms with Gasteiger partial charge >= 0.3 is 6.09 Å². The molecule has 0 aromatic rings. The summed E-state index contributed by atoms with van der Waals surface area (Å²) in [5, 5.41) is 0. The Labute approximate surface area is 121 Å². The summed E-state index contributed by atoms with van der Waals surface area (Å²) in [6.07, 6.45) is 4.01. The van der Waals surface area contributed by atoms with E-state index in [1.165, 1.54) is 0 Å². The number of carbonyl (C=O) groups is 2. The van der Waals surface area contributed by atoms with Gasteiger partial charge in [0.05, 0.1) is 0 Å². The Morgan fingerprint density at radius 1 is 1.35 bits per heavy atom. The van der Waals surface area contributed by atoms with E-state index in [1.807, 2.05) is 39.5 Å². The Kier molecular flexibility index (Phi) is 3.87. The van der Waals surface area contributed by atoms with Gasteiger partial charge in [-0.3, -0.25) is 4.79 Å². The van der Waals surface area contributed by atoms with Crippen LogP contribution in [0.25, 0.3) is 0 Å². The van der Waals surface area contributed by atoms with E-state index >= 15 is 0 Å². The van der Waals surface area contributed by atoms with Crippen molar-refractivity contribution >= 4 is 11.9 Å². The second-order valence-corrected chi connectivity index (χ2v) is 7.54. The first kappa shape index (κ1) is 15.3. The predicted octanol–water partition coefficient (Wildman–Crippen LogP) is 3.53. The molecule has 1 heterocycles. The van der Waals surface area contributed by atoms with Gasteiger partial charge in [-0.1, -0.05) is 13.3 Å². The van der Waals surface area contributed by atoms with E-state index in [-0.39, 0.29) is 23.6 Å². The molecular formula is C16H27NO3. The van der Waals surface area contributed by atoms with Gasteiger partial charge in [-0.15, -0.1) is 0 Å². The molecule has 1 aliphatic heterocycles. The van der Waals surface area contributed by atoms with Crippen LogP contribution in [0.15, 0.2) is 0 Å². The summed E-state index contributed by atoms with van der Waals surface area (Å²) in [6, 6.07) is 0.0734. The van der Waals surface area contributed by atoms with Crippen LogP contribution in [0.3, 0.4) is 0 Å². The Morgan fingerprint density at radius 2 is 2.00 bits per heavy atom. The quantitative estimate of drug-likeness (QED) is 0.682. The third-order valence-electron chi connectivity index (χ3n) is 4.64. The van der Waals surface area contributed by atoms with Gasteiger partial charge in [0.15, 0.2) is 0 Å². The molecule has 2 aliphatic rings. The van der Waals surface area contributed by atoms with E-state index in [0.717, 1.165) is 25.7 Å². The highest BCUT2D eigenvalue weighted by Gasteiger charge is 2.54. The van der Waals surface area contributed by atoms with Crippen molar-refractivity contribution in [2.45, 2.75) is 84.4 Å². The van der Waals surface area contributed by atoms with Crippen molar-refractivity contribution in [2.24, 2.45) is 5.41 Å². The topological polar surface area (TPSA) is 46.6 Å². The second-order valence-electron chi connectivity index (χ2n) is 7.54. The van der Waals surface area contributed by atoms with Crippen LogP contribution in [-0.4, -0.2) is 34.5 Å². The van der Waals surface area contributed by atoms with E-state index in [4.69, 9.17) is 4.74 Å². The van der Waals surface area contributed by atoms with Crippen LogP contribution in [0.5, 0.6) is 0 Å². The van der Waals surface area contributed by atoms with Gasteiger partial charge in [-0.2, -0.15) is 0 Å². The number of carbonyl (C=O) groups excluding carboxylic acids is 2. The minimum absolute atomic E-state index is 0.00218. The summed E-state index contributed by atoms with van der Waals surface area (Å²) < 4.78 is 5.54. The fourth-order valence-electron chi connectivity index (χ4n) is 3.75. The monoisotopic (exact) mass is 281 g/mol. The number of ketones is 1. The second kappa shape index (κ2) is 5.05. The molecule has 1 saturated heterocycles. The molecule has 114 valence electrons. The molecule has 2 rings (SSSR count). The molecule has 0 radical (unpaired) electrons. The SMILES string of the molecule is CC1CC2(C)C(=O)CCCCC2N1C(=O)OC(C)(C)C. The number of amides is 1. The minimum Gasteiger partial charge on any atom is -0.444 e. The van der Waals surface area contributed by atoms with E-state index in [0.29, 0.717) is 12.2 Å².